The summed E-state index contributed by atoms with van der Waals surface area (Å²) in [6.45, 7) is 7.51. The van der Waals surface area contributed by atoms with E-state index in [-0.39, 0.29) is 12.0 Å². The maximum atomic E-state index is 11.5. The molecule has 0 aliphatic heterocycles. The van der Waals surface area contributed by atoms with Crippen molar-refractivity contribution in [2.24, 2.45) is 0 Å². The summed E-state index contributed by atoms with van der Waals surface area (Å²) in [5.41, 5.74) is 1.74. The first-order valence-electron chi connectivity index (χ1n) is 5.61. The largest absolute Gasteiger partial charge is 0.491 e. The molecule has 17 heavy (non-hydrogen) atoms. The van der Waals surface area contributed by atoms with Gasteiger partial charge in [-0.15, -0.1) is 11.6 Å². The molecule has 1 rings (SSSR count). The van der Waals surface area contributed by atoms with Crippen LogP contribution in [-0.2, 0) is 4.79 Å². The SMILES string of the molecule is Cc1cc(NC(=O)[C@@H](C)Cl)cc(OC(C)C)c1. The van der Waals surface area contributed by atoms with Gasteiger partial charge < -0.3 is 10.1 Å². The van der Waals surface area contributed by atoms with Crippen LogP contribution in [0.15, 0.2) is 18.2 Å². The quantitative estimate of drug-likeness (QED) is 0.838. The van der Waals surface area contributed by atoms with Gasteiger partial charge in [-0.3, -0.25) is 4.79 Å². The lowest BCUT2D eigenvalue weighted by Gasteiger charge is -2.13. The molecule has 1 aromatic carbocycles. The number of aryl methyl sites for hydroxylation is 1. The second kappa shape index (κ2) is 5.92. The van der Waals surface area contributed by atoms with E-state index in [4.69, 9.17) is 16.3 Å². The Labute approximate surface area is 107 Å². The van der Waals surface area contributed by atoms with E-state index in [1.807, 2.05) is 32.9 Å². The molecule has 94 valence electrons. The highest BCUT2D eigenvalue weighted by Gasteiger charge is 2.10. The van der Waals surface area contributed by atoms with Gasteiger partial charge in [0.2, 0.25) is 5.91 Å². The first-order chi connectivity index (χ1) is 7.88. The van der Waals surface area contributed by atoms with Crippen LogP contribution in [0, 0.1) is 6.92 Å². The van der Waals surface area contributed by atoms with Gasteiger partial charge >= 0.3 is 0 Å². The Balaban J connectivity index is 2.85. The summed E-state index contributed by atoms with van der Waals surface area (Å²) in [6, 6.07) is 5.61. The number of halogens is 1. The lowest BCUT2D eigenvalue weighted by molar-refractivity contribution is -0.115. The molecule has 1 atom stereocenters. The average molecular weight is 256 g/mol. The predicted molar refractivity (Wildman–Crippen MR) is 70.9 cm³/mol. The van der Waals surface area contributed by atoms with Crippen molar-refractivity contribution in [3.8, 4) is 5.75 Å². The lowest BCUT2D eigenvalue weighted by atomic mass is 10.2. The van der Waals surface area contributed by atoms with E-state index >= 15 is 0 Å². The van der Waals surface area contributed by atoms with Gasteiger partial charge in [0.1, 0.15) is 11.1 Å². The Bertz CT molecular complexity index is 402. The number of anilines is 1. The van der Waals surface area contributed by atoms with Gasteiger partial charge in [0.15, 0.2) is 0 Å². The maximum absolute atomic E-state index is 11.5. The first-order valence-corrected chi connectivity index (χ1v) is 6.05. The molecule has 4 heteroatoms. The summed E-state index contributed by atoms with van der Waals surface area (Å²) in [5.74, 6) is 0.533. The minimum absolute atomic E-state index is 0.104. The molecule has 0 unspecified atom stereocenters. The predicted octanol–water partition coefficient (Wildman–Crippen LogP) is 3.35. The van der Waals surface area contributed by atoms with Crippen molar-refractivity contribution in [3.63, 3.8) is 0 Å². The van der Waals surface area contributed by atoms with E-state index in [0.717, 1.165) is 11.3 Å². The fourth-order valence-corrected chi connectivity index (χ4v) is 1.46. The molecule has 0 aromatic heterocycles. The van der Waals surface area contributed by atoms with Crippen LogP contribution in [0.25, 0.3) is 0 Å². The first kappa shape index (κ1) is 13.8. The van der Waals surface area contributed by atoms with Gasteiger partial charge in [-0.2, -0.15) is 0 Å². The average Bonchev–Trinajstić information content (AvgIpc) is 2.14. The second-order valence-electron chi connectivity index (χ2n) is 4.31. The molecule has 1 amide bonds. The van der Waals surface area contributed by atoms with Gasteiger partial charge in [-0.1, -0.05) is 0 Å². The Morgan fingerprint density at radius 2 is 1.94 bits per heavy atom. The van der Waals surface area contributed by atoms with Crippen LogP contribution in [0.2, 0.25) is 0 Å². The number of carbonyl (C=O) groups is 1. The lowest BCUT2D eigenvalue weighted by Crippen LogP contribution is -2.20. The van der Waals surface area contributed by atoms with E-state index in [2.05, 4.69) is 5.32 Å². The summed E-state index contributed by atoms with van der Waals surface area (Å²) in [4.78, 5) is 11.5. The van der Waals surface area contributed by atoms with Crippen molar-refractivity contribution < 1.29 is 9.53 Å². The summed E-state index contributed by atoms with van der Waals surface area (Å²) >= 11 is 5.70. The van der Waals surface area contributed by atoms with Gasteiger partial charge in [-0.25, -0.2) is 0 Å². The molecular weight excluding hydrogens is 238 g/mol. The van der Waals surface area contributed by atoms with Crippen LogP contribution in [-0.4, -0.2) is 17.4 Å². The molecule has 1 N–H and O–H groups in total. The van der Waals surface area contributed by atoms with Crippen molar-refractivity contribution in [1.82, 2.24) is 0 Å². The highest BCUT2D eigenvalue weighted by molar-refractivity contribution is 6.32. The second-order valence-corrected chi connectivity index (χ2v) is 4.96. The summed E-state index contributed by atoms with van der Waals surface area (Å²) in [6.07, 6.45) is 0.104. The molecule has 0 saturated heterocycles. The fourth-order valence-electron chi connectivity index (χ4n) is 1.40. The van der Waals surface area contributed by atoms with Crippen LogP contribution < -0.4 is 10.1 Å². The monoisotopic (exact) mass is 255 g/mol. The van der Waals surface area contributed by atoms with Crippen molar-refractivity contribution >= 4 is 23.2 Å². The summed E-state index contributed by atoms with van der Waals surface area (Å²) in [7, 11) is 0. The Kier molecular flexibility index (Phi) is 4.82. The van der Waals surface area contributed by atoms with Crippen molar-refractivity contribution in [1.29, 1.82) is 0 Å². The van der Waals surface area contributed by atoms with Crippen molar-refractivity contribution in [3.05, 3.63) is 23.8 Å². The van der Waals surface area contributed by atoms with Gasteiger partial charge in [0, 0.05) is 11.8 Å². The van der Waals surface area contributed by atoms with Gasteiger partial charge in [0.05, 0.1) is 6.10 Å². The molecule has 0 spiro atoms. The van der Waals surface area contributed by atoms with Crippen LogP contribution in [0.4, 0.5) is 5.69 Å². The third-order valence-corrected chi connectivity index (χ3v) is 2.25. The number of ether oxygens (including phenoxy) is 1. The molecule has 0 aliphatic rings. The summed E-state index contributed by atoms with van der Waals surface area (Å²) in [5, 5.41) is 2.19. The van der Waals surface area contributed by atoms with E-state index < -0.39 is 5.38 Å². The molecule has 0 fully saturated rings. The molecule has 0 aliphatic carbocycles. The minimum atomic E-state index is -0.551. The van der Waals surface area contributed by atoms with Gasteiger partial charge in [-0.05, 0) is 45.4 Å². The molecule has 0 radical (unpaired) electrons. The molecule has 0 bridgehead atoms. The third kappa shape index (κ3) is 4.65. The normalized spacial score (nSPS) is 12.4. The smallest absolute Gasteiger partial charge is 0.242 e. The maximum Gasteiger partial charge on any atom is 0.242 e. The molecule has 3 nitrogen and oxygen atoms in total. The Morgan fingerprint density at radius 3 is 2.47 bits per heavy atom. The van der Waals surface area contributed by atoms with E-state index in [0.29, 0.717) is 5.69 Å². The van der Waals surface area contributed by atoms with Crippen LogP contribution in [0.1, 0.15) is 26.3 Å². The number of alkyl halides is 1. The fraction of sp³-hybridized carbons (Fsp3) is 0.462. The van der Waals surface area contributed by atoms with Crippen LogP contribution in [0.5, 0.6) is 5.75 Å². The van der Waals surface area contributed by atoms with E-state index in [1.54, 1.807) is 13.0 Å². The zero-order valence-electron chi connectivity index (χ0n) is 10.6. The zero-order valence-corrected chi connectivity index (χ0v) is 11.3. The number of amides is 1. The highest BCUT2D eigenvalue weighted by atomic mass is 35.5. The van der Waals surface area contributed by atoms with Crippen LogP contribution in [0.3, 0.4) is 0 Å². The topological polar surface area (TPSA) is 38.3 Å². The van der Waals surface area contributed by atoms with Crippen molar-refractivity contribution in [2.75, 3.05) is 5.32 Å². The molecule has 1 aromatic rings. The number of hydrogen-bond donors (Lipinski definition) is 1. The molecule has 0 saturated carbocycles. The standard InChI is InChI=1S/C13H18ClNO2/c1-8(2)17-12-6-9(3)5-11(7-12)15-13(16)10(4)14/h5-8,10H,1-4H3,(H,15,16)/t10-/m1/s1. The molecular formula is C13H18ClNO2. The van der Waals surface area contributed by atoms with Gasteiger partial charge in [0.25, 0.3) is 0 Å². The zero-order chi connectivity index (χ0) is 13.0. The Morgan fingerprint density at radius 1 is 1.29 bits per heavy atom. The number of benzene rings is 1. The third-order valence-electron chi connectivity index (χ3n) is 2.05. The number of hydrogen-bond acceptors (Lipinski definition) is 2. The van der Waals surface area contributed by atoms with Crippen molar-refractivity contribution in [2.45, 2.75) is 39.2 Å². The number of carbonyl (C=O) groups excluding carboxylic acids is 1. The highest BCUT2D eigenvalue weighted by Crippen LogP contribution is 2.22. The Hall–Kier alpha value is -1.22. The van der Waals surface area contributed by atoms with E-state index in [9.17, 15) is 4.79 Å². The molecule has 0 heterocycles. The number of rotatable bonds is 4. The summed E-state index contributed by atoms with van der Waals surface area (Å²) < 4.78 is 5.59. The number of nitrogens with one attached hydrogen (secondary N) is 1. The van der Waals surface area contributed by atoms with Crippen LogP contribution >= 0.6 is 11.6 Å². The minimum Gasteiger partial charge on any atom is -0.491 e. The van der Waals surface area contributed by atoms with E-state index in [1.165, 1.54) is 0 Å².